The number of hydrogen-bond donors (Lipinski definition) is 1. The minimum Gasteiger partial charge on any atom is -0.463 e. The predicted molar refractivity (Wildman–Crippen MR) is 117 cm³/mol. The van der Waals surface area contributed by atoms with E-state index in [9.17, 15) is 14.4 Å². The van der Waals surface area contributed by atoms with Gasteiger partial charge in [0.25, 0.3) is 0 Å². The highest BCUT2D eigenvalue weighted by Gasteiger charge is 2.64. The number of ether oxygens (including phenoxy) is 1. The molecule has 0 unspecified atom stereocenters. The number of carbonyl (C=O) groups excluding carboxylic acids is 3. The van der Waals surface area contributed by atoms with Crippen LogP contribution in [0.5, 0.6) is 0 Å². The van der Waals surface area contributed by atoms with E-state index in [-0.39, 0.29) is 29.6 Å². The highest BCUT2D eigenvalue weighted by molar-refractivity contribution is 8.01. The first-order valence-electron chi connectivity index (χ1n) is 10.5. The maximum atomic E-state index is 12.8. The summed E-state index contributed by atoms with van der Waals surface area (Å²) in [6.07, 6.45) is 0.224. The predicted octanol–water partition coefficient (Wildman–Crippen LogP) is 1.66. The molecule has 1 aromatic carbocycles. The first-order chi connectivity index (χ1) is 14.3. The van der Waals surface area contributed by atoms with E-state index in [0.717, 1.165) is 18.7 Å². The van der Waals surface area contributed by atoms with Crippen LogP contribution >= 0.6 is 11.8 Å². The lowest BCUT2D eigenvalue weighted by molar-refractivity contribution is -0.164. The van der Waals surface area contributed by atoms with Crippen LogP contribution < -0.4 is 5.32 Å². The Bertz CT molecular complexity index is 782. The lowest BCUT2D eigenvalue weighted by Gasteiger charge is -2.44. The molecule has 2 saturated heterocycles. The van der Waals surface area contributed by atoms with E-state index < -0.39 is 16.8 Å². The molecule has 0 aliphatic carbocycles. The summed E-state index contributed by atoms with van der Waals surface area (Å²) in [6.45, 7) is 10.8. The molecule has 2 fully saturated rings. The van der Waals surface area contributed by atoms with Gasteiger partial charge in [-0.25, -0.2) is 4.79 Å². The molecule has 0 spiro atoms. The van der Waals surface area contributed by atoms with Crippen molar-refractivity contribution < 1.29 is 19.1 Å². The zero-order valence-corrected chi connectivity index (χ0v) is 18.9. The second-order valence-electron chi connectivity index (χ2n) is 8.16. The van der Waals surface area contributed by atoms with Crippen molar-refractivity contribution >= 4 is 29.5 Å². The Hall–Kier alpha value is -2.06. The van der Waals surface area contributed by atoms with Gasteiger partial charge in [0.1, 0.15) is 24.1 Å². The first-order valence-corrected chi connectivity index (χ1v) is 11.4. The number of likely N-dealkylation sites (N-methyl/N-ethyl adjacent to an activating group) is 1. The van der Waals surface area contributed by atoms with Crippen molar-refractivity contribution in [2.45, 2.75) is 56.3 Å². The van der Waals surface area contributed by atoms with Gasteiger partial charge in [-0.2, -0.15) is 0 Å². The van der Waals surface area contributed by atoms with Crippen molar-refractivity contribution in [1.82, 2.24) is 15.1 Å². The number of rotatable bonds is 9. The number of β-lactam (4-membered cyclic amide) rings is 1. The Morgan fingerprint density at radius 2 is 1.87 bits per heavy atom. The van der Waals surface area contributed by atoms with Gasteiger partial charge >= 0.3 is 5.97 Å². The van der Waals surface area contributed by atoms with Crippen molar-refractivity contribution in [3.8, 4) is 0 Å². The smallest absolute Gasteiger partial charge is 0.330 e. The number of esters is 1. The Morgan fingerprint density at radius 3 is 2.50 bits per heavy atom. The quantitative estimate of drug-likeness (QED) is 0.471. The summed E-state index contributed by atoms with van der Waals surface area (Å²) in [6, 6.07) is 8.18. The topological polar surface area (TPSA) is 79.0 Å². The molecule has 2 aliphatic rings. The van der Waals surface area contributed by atoms with E-state index in [1.54, 1.807) is 16.7 Å². The molecular formula is C22H31N3O4S. The Balaban J connectivity index is 1.58. The van der Waals surface area contributed by atoms with Crippen molar-refractivity contribution in [3.63, 3.8) is 0 Å². The molecular weight excluding hydrogens is 402 g/mol. The molecule has 3 rings (SSSR count). The normalized spacial score (nSPS) is 24.4. The summed E-state index contributed by atoms with van der Waals surface area (Å²) in [7, 11) is 0. The third-order valence-corrected chi connectivity index (χ3v) is 7.31. The summed E-state index contributed by atoms with van der Waals surface area (Å²) in [4.78, 5) is 41.7. The standard InChI is InChI=1S/C22H31N3O4S/c1-5-24(6-2)12-13-29-21(28)18-22(3,4)30-20-17(19(27)25(18)20)23-16(26)14-15-10-8-7-9-11-15/h7-11,17-18,20H,5-6,12-14H2,1-4H3,(H,23,26)/t17-,18+,20-/m1/s1. The van der Waals surface area contributed by atoms with Gasteiger partial charge in [0.2, 0.25) is 11.8 Å². The number of thioether (sulfide) groups is 1. The van der Waals surface area contributed by atoms with Crippen LogP contribution in [0.25, 0.3) is 0 Å². The zero-order valence-electron chi connectivity index (χ0n) is 18.1. The first kappa shape index (κ1) is 22.6. The van der Waals surface area contributed by atoms with Crippen LogP contribution in [0.15, 0.2) is 30.3 Å². The molecule has 8 heteroatoms. The van der Waals surface area contributed by atoms with Crippen LogP contribution in [0.4, 0.5) is 0 Å². The van der Waals surface area contributed by atoms with Gasteiger partial charge in [-0.1, -0.05) is 44.2 Å². The highest BCUT2D eigenvalue weighted by atomic mass is 32.2. The Morgan fingerprint density at radius 1 is 1.20 bits per heavy atom. The van der Waals surface area contributed by atoms with Crippen LogP contribution in [-0.2, 0) is 25.5 Å². The van der Waals surface area contributed by atoms with Crippen LogP contribution in [0.3, 0.4) is 0 Å². The average molecular weight is 434 g/mol. The maximum Gasteiger partial charge on any atom is 0.330 e. The molecule has 0 radical (unpaired) electrons. The van der Waals surface area contributed by atoms with Crippen molar-refractivity contribution in [3.05, 3.63) is 35.9 Å². The van der Waals surface area contributed by atoms with E-state index >= 15 is 0 Å². The van der Waals surface area contributed by atoms with Crippen LogP contribution in [0.2, 0.25) is 0 Å². The zero-order chi connectivity index (χ0) is 21.9. The van der Waals surface area contributed by atoms with E-state index in [1.165, 1.54) is 0 Å². The second kappa shape index (κ2) is 9.39. The number of nitrogens with zero attached hydrogens (tertiary/aromatic N) is 2. The monoisotopic (exact) mass is 433 g/mol. The lowest BCUT2D eigenvalue weighted by Crippen LogP contribution is -2.70. The van der Waals surface area contributed by atoms with E-state index in [4.69, 9.17) is 4.74 Å². The lowest BCUT2D eigenvalue weighted by atomic mass is 9.96. The van der Waals surface area contributed by atoms with Gasteiger partial charge in [0.15, 0.2) is 0 Å². The van der Waals surface area contributed by atoms with Crippen molar-refractivity contribution in [1.29, 1.82) is 0 Å². The van der Waals surface area contributed by atoms with Crippen molar-refractivity contribution in [2.75, 3.05) is 26.2 Å². The van der Waals surface area contributed by atoms with Gasteiger partial charge < -0.3 is 19.9 Å². The number of carbonyl (C=O) groups is 3. The van der Waals surface area contributed by atoms with Crippen molar-refractivity contribution in [2.24, 2.45) is 0 Å². The van der Waals surface area contributed by atoms with Crippen LogP contribution in [0, 0.1) is 0 Å². The summed E-state index contributed by atoms with van der Waals surface area (Å²) >= 11 is 1.54. The Labute approximate surface area is 182 Å². The Kier molecular flexibility index (Phi) is 7.08. The summed E-state index contributed by atoms with van der Waals surface area (Å²) in [5, 5.41) is 2.60. The molecule has 1 aromatic rings. The number of amides is 2. The van der Waals surface area contributed by atoms with Gasteiger partial charge in [0, 0.05) is 11.3 Å². The van der Waals surface area contributed by atoms with E-state index in [2.05, 4.69) is 24.1 Å². The fourth-order valence-electron chi connectivity index (χ4n) is 4.03. The van der Waals surface area contributed by atoms with Gasteiger partial charge in [-0.3, -0.25) is 9.59 Å². The third-order valence-electron chi connectivity index (χ3n) is 5.73. The highest BCUT2D eigenvalue weighted by Crippen LogP contribution is 2.51. The fraction of sp³-hybridized carbons (Fsp3) is 0.591. The van der Waals surface area contributed by atoms with Crippen LogP contribution in [0.1, 0.15) is 33.3 Å². The SMILES string of the molecule is CCN(CC)CCOC(=O)[C@@H]1N2C(=O)[C@@H](NC(=O)Cc3ccccc3)[C@H]2SC1(C)C. The minimum atomic E-state index is -0.640. The molecule has 0 aromatic heterocycles. The molecule has 164 valence electrons. The molecule has 3 atom stereocenters. The van der Waals surface area contributed by atoms with E-state index in [1.807, 2.05) is 44.2 Å². The average Bonchev–Trinajstić information content (AvgIpc) is 2.98. The van der Waals surface area contributed by atoms with Gasteiger partial charge in [-0.15, -0.1) is 11.8 Å². The minimum absolute atomic E-state index is 0.192. The molecule has 1 N–H and O–H groups in total. The number of fused-ring (bicyclic) bond motifs is 1. The van der Waals surface area contributed by atoms with Gasteiger partial charge in [-0.05, 0) is 32.5 Å². The summed E-state index contributed by atoms with van der Waals surface area (Å²) in [5.41, 5.74) is 0.896. The molecule has 2 amide bonds. The summed E-state index contributed by atoms with van der Waals surface area (Å²) < 4.78 is 5.04. The molecule has 2 aliphatic heterocycles. The fourth-order valence-corrected chi connectivity index (χ4v) is 5.65. The molecule has 0 saturated carbocycles. The molecule has 0 bridgehead atoms. The summed E-state index contributed by atoms with van der Waals surface area (Å²) in [5.74, 6) is -0.780. The van der Waals surface area contributed by atoms with Gasteiger partial charge in [0.05, 0.1) is 6.42 Å². The maximum absolute atomic E-state index is 12.8. The third kappa shape index (κ3) is 4.64. The molecule has 2 heterocycles. The largest absolute Gasteiger partial charge is 0.463 e. The number of hydrogen-bond acceptors (Lipinski definition) is 6. The van der Waals surface area contributed by atoms with E-state index in [0.29, 0.717) is 13.2 Å². The number of benzene rings is 1. The molecule has 7 nitrogen and oxygen atoms in total. The number of nitrogens with one attached hydrogen (secondary N) is 1. The van der Waals surface area contributed by atoms with Crippen LogP contribution in [-0.4, -0.2) is 76.0 Å². The molecule has 30 heavy (non-hydrogen) atoms. The second-order valence-corrected chi connectivity index (χ2v) is 9.93.